The van der Waals surface area contributed by atoms with Crippen molar-refractivity contribution in [3.63, 3.8) is 0 Å². The van der Waals surface area contributed by atoms with Crippen LogP contribution in [0.4, 0.5) is 0 Å². The monoisotopic (exact) mass is 532 g/mol. The molecule has 0 saturated heterocycles. The molecule has 0 aliphatic carbocycles. The van der Waals surface area contributed by atoms with Crippen molar-refractivity contribution in [3.8, 4) is 22.8 Å². The van der Waals surface area contributed by atoms with Crippen molar-refractivity contribution >= 4 is 15.9 Å². The van der Waals surface area contributed by atoms with Gasteiger partial charge in [0.25, 0.3) is 5.56 Å². The van der Waals surface area contributed by atoms with Crippen molar-refractivity contribution in [3.05, 3.63) is 97.4 Å². The second kappa shape index (κ2) is 10.1. The van der Waals surface area contributed by atoms with Gasteiger partial charge in [0.2, 0.25) is 0 Å². The van der Waals surface area contributed by atoms with Crippen LogP contribution in [0, 0.1) is 27.7 Å². The lowest BCUT2D eigenvalue weighted by molar-refractivity contribution is 0.300. The summed E-state index contributed by atoms with van der Waals surface area (Å²) >= 11 is 3.51. The predicted octanol–water partition coefficient (Wildman–Crippen LogP) is 6.39. The van der Waals surface area contributed by atoms with Crippen LogP contribution < -0.4 is 10.3 Å². The zero-order chi connectivity index (χ0) is 25.3. The fraction of sp³-hybridized carbons (Fsp3) is 0.286. The first-order valence-corrected chi connectivity index (χ1v) is 12.4. The fourth-order valence-corrected chi connectivity index (χ4v) is 4.55. The number of nitrogens with zero attached hydrogens (tertiary/aromatic N) is 4. The summed E-state index contributed by atoms with van der Waals surface area (Å²) < 4.78 is 8.20. The number of aryl methyl sites for hydroxylation is 2. The molecule has 0 bridgehead atoms. The molecule has 0 saturated carbocycles. The van der Waals surface area contributed by atoms with Gasteiger partial charge in [0.15, 0.2) is 0 Å². The van der Waals surface area contributed by atoms with Crippen LogP contribution in [-0.4, -0.2) is 19.5 Å². The van der Waals surface area contributed by atoms with Gasteiger partial charge in [-0.05, 0) is 66.9 Å². The minimum atomic E-state index is -0.188. The number of hydrogen-bond donors (Lipinski definition) is 0. The first kappa shape index (κ1) is 24.8. The van der Waals surface area contributed by atoms with E-state index < -0.39 is 0 Å². The molecule has 0 aliphatic rings. The Morgan fingerprint density at radius 2 is 1.83 bits per heavy atom. The molecule has 0 aliphatic heterocycles. The Bertz CT molecular complexity index is 1460. The molecule has 3 heterocycles. The van der Waals surface area contributed by atoms with Gasteiger partial charge >= 0.3 is 0 Å². The van der Waals surface area contributed by atoms with E-state index in [0.717, 1.165) is 39.6 Å². The molecule has 4 aromatic rings. The van der Waals surface area contributed by atoms with Crippen LogP contribution in [0.5, 0.6) is 5.75 Å². The van der Waals surface area contributed by atoms with E-state index in [9.17, 15) is 4.79 Å². The Labute approximate surface area is 214 Å². The van der Waals surface area contributed by atoms with Crippen LogP contribution in [0.3, 0.4) is 0 Å². The second-order valence-electron chi connectivity index (χ2n) is 9.09. The SMILES string of the molecule is Cc1cccc(COc2c(C)c(C)n(-c3ccnc(-c4nc(C(C)C)ncc4C)c3)c(=O)c2Br)c1. The summed E-state index contributed by atoms with van der Waals surface area (Å²) in [7, 11) is 0. The van der Waals surface area contributed by atoms with E-state index in [1.54, 1.807) is 10.8 Å². The molecular formula is C28H29BrN4O2. The maximum atomic E-state index is 13.5. The summed E-state index contributed by atoms with van der Waals surface area (Å²) in [6, 6.07) is 11.9. The quantitative estimate of drug-likeness (QED) is 0.287. The Balaban J connectivity index is 1.75. The van der Waals surface area contributed by atoms with Gasteiger partial charge in [0.1, 0.15) is 22.7 Å². The van der Waals surface area contributed by atoms with E-state index in [2.05, 4.69) is 45.8 Å². The van der Waals surface area contributed by atoms with Crippen LogP contribution in [0.2, 0.25) is 0 Å². The molecule has 3 aromatic heterocycles. The van der Waals surface area contributed by atoms with Gasteiger partial charge in [-0.25, -0.2) is 9.97 Å². The van der Waals surface area contributed by atoms with Gasteiger partial charge in [-0.2, -0.15) is 0 Å². The lowest BCUT2D eigenvalue weighted by Crippen LogP contribution is -2.23. The largest absolute Gasteiger partial charge is 0.487 e. The number of pyridine rings is 2. The van der Waals surface area contributed by atoms with Crippen molar-refractivity contribution in [1.29, 1.82) is 0 Å². The number of ether oxygens (including phenoxy) is 1. The lowest BCUT2D eigenvalue weighted by Gasteiger charge is -2.19. The van der Waals surface area contributed by atoms with Crippen LogP contribution >= 0.6 is 15.9 Å². The van der Waals surface area contributed by atoms with Crippen molar-refractivity contribution in [1.82, 2.24) is 19.5 Å². The van der Waals surface area contributed by atoms with Gasteiger partial charge in [0, 0.05) is 29.6 Å². The van der Waals surface area contributed by atoms with Gasteiger partial charge < -0.3 is 4.74 Å². The molecule has 1 aromatic carbocycles. The predicted molar refractivity (Wildman–Crippen MR) is 142 cm³/mol. The molecule has 0 N–H and O–H groups in total. The molecule has 6 nitrogen and oxygen atoms in total. The maximum absolute atomic E-state index is 13.5. The van der Waals surface area contributed by atoms with E-state index in [4.69, 9.17) is 9.72 Å². The Morgan fingerprint density at radius 3 is 2.54 bits per heavy atom. The molecule has 0 amide bonds. The summed E-state index contributed by atoms with van der Waals surface area (Å²) in [6.45, 7) is 12.4. The molecule has 0 atom stereocenters. The summed E-state index contributed by atoms with van der Waals surface area (Å²) in [6.07, 6.45) is 3.53. The third-order valence-electron chi connectivity index (χ3n) is 6.03. The number of benzene rings is 1. The van der Waals surface area contributed by atoms with E-state index in [-0.39, 0.29) is 11.5 Å². The first-order valence-electron chi connectivity index (χ1n) is 11.6. The smallest absolute Gasteiger partial charge is 0.273 e. The zero-order valence-corrected chi connectivity index (χ0v) is 22.5. The molecule has 35 heavy (non-hydrogen) atoms. The minimum Gasteiger partial charge on any atom is -0.487 e. The summed E-state index contributed by atoms with van der Waals surface area (Å²) in [4.78, 5) is 27.2. The van der Waals surface area contributed by atoms with Crippen LogP contribution in [0.1, 0.15) is 53.5 Å². The highest BCUT2D eigenvalue weighted by Gasteiger charge is 2.19. The molecular weight excluding hydrogens is 504 g/mol. The molecule has 7 heteroatoms. The standard InChI is InChI=1S/C28H29BrN4O2/c1-16(2)27-31-14-18(4)25(32-27)23-13-22(10-11-30-23)33-20(6)19(5)26(24(29)28(33)34)35-15-21-9-7-8-17(3)12-21/h7-14,16H,15H2,1-6H3. The molecule has 4 rings (SSSR count). The van der Waals surface area contributed by atoms with E-state index in [1.165, 1.54) is 5.56 Å². The van der Waals surface area contributed by atoms with Crippen LogP contribution in [0.15, 0.2) is 58.1 Å². The van der Waals surface area contributed by atoms with Crippen molar-refractivity contribution < 1.29 is 4.74 Å². The van der Waals surface area contributed by atoms with Gasteiger partial charge in [-0.3, -0.25) is 14.3 Å². The Kier molecular flexibility index (Phi) is 7.17. The summed E-state index contributed by atoms with van der Waals surface area (Å²) in [5, 5.41) is 0. The average molecular weight is 533 g/mol. The van der Waals surface area contributed by atoms with Gasteiger partial charge in [0.05, 0.1) is 17.1 Å². The number of rotatable bonds is 6. The highest BCUT2D eigenvalue weighted by molar-refractivity contribution is 9.10. The summed E-state index contributed by atoms with van der Waals surface area (Å²) in [5.41, 5.74) is 6.84. The minimum absolute atomic E-state index is 0.188. The molecule has 180 valence electrons. The molecule has 0 unspecified atom stereocenters. The van der Waals surface area contributed by atoms with E-state index >= 15 is 0 Å². The maximum Gasteiger partial charge on any atom is 0.273 e. The molecule has 0 spiro atoms. The Morgan fingerprint density at radius 1 is 1.06 bits per heavy atom. The zero-order valence-electron chi connectivity index (χ0n) is 20.9. The highest BCUT2D eigenvalue weighted by atomic mass is 79.9. The van der Waals surface area contributed by atoms with Crippen molar-refractivity contribution in [2.75, 3.05) is 0 Å². The normalized spacial score (nSPS) is 11.2. The molecule has 0 radical (unpaired) electrons. The van der Waals surface area contributed by atoms with E-state index in [0.29, 0.717) is 22.5 Å². The first-order chi connectivity index (χ1) is 16.7. The second-order valence-corrected chi connectivity index (χ2v) is 9.88. The number of aromatic nitrogens is 4. The van der Waals surface area contributed by atoms with Gasteiger partial charge in [-0.15, -0.1) is 0 Å². The van der Waals surface area contributed by atoms with E-state index in [1.807, 2.05) is 64.2 Å². The summed E-state index contributed by atoms with van der Waals surface area (Å²) in [5.74, 6) is 1.53. The fourth-order valence-electron chi connectivity index (χ4n) is 3.97. The van der Waals surface area contributed by atoms with Crippen LogP contribution in [0.25, 0.3) is 17.1 Å². The average Bonchev–Trinajstić information content (AvgIpc) is 2.83. The topological polar surface area (TPSA) is 69.9 Å². The third-order valence-corrected chi connectivity index (χ3v) is 6.72. The van der Waals surface area contributed by atoms with Crippen molar-refractivity contribution in [2.24, 2.45) is 0 Å². The van der Waals surface area contributed by atoms with Gasteiger partial charge in [-0.1, -0.05) is 43.7 Å². The highest BCUT2D eigenvalue weighted by Crippen LogP contribution is 2.31. The molecule has 0 fully saturated rings. The third kappa shape index (κ3) is 5.05. The van der Waals surface area contributed by atoms with Crippen molar-refractivity contribution in [2.45, 2.75) is 54.1 Å². The van der Waals surface area contributed by atoms with Crippen LogP contribution in [-0.2, 0) is 6.61 Å². The number of hydrogen-bond acceptors (Lipinski definition) is 5. The lowest BCUT2D eigenvalue weighted by atomic mass is 10.1. The Hall–Kier alpha value is -3.32. The number of halogens is 1.